The molecule has 0 N–H and O–H groups in total. The van der Waals surface area contributed by atoms with Gasteiger partial charge in [0.1, 0.15) is 12.4 Å². The van der Waals surface area contributed by atoms with E-state index in [1.54, 1.807) is 0 Å². The minimum absolute atomic E-state index is 0.564. The third-order valence-corrected chi connectivity index (χ3v) is 3.40. The van der Waals surface area contributed by atoms with Crippen LogP contribution in [0.15, 0.2) is 46.5 Å². The fourth-order valence-corrected chi connectivity index (χ4v) is 2.01. The Bertz CT molecular complexity index is 446. The highest BCUT2D eigenvalue weighted by atomic mass is 79.9. The Hall–Kier alpha value is -1.02. The van der Waals surface area contributed by atoms with Crippen molar-refractivity contribution >= 4 is 15.9 Å². The summed E-state index contributed by atoms with van der Waals surface area (Å²) in [5.41, 5.74) is 2.35. The van der Waals surface area contributed by atoms with Crippen molar-refractivity contribution in [1.82, 2.24) is 0 Å². The number of hydrogen-bond donors (Lipinski definition) is 0. The van der Waals surface area contributed by atoms with Crippen LogP contribution in [-0.4, -0.2) is 6.61 Å². The molecule has 2 rings (SSSR count). The molecule has 1 aliphatic carbocycles. The molecule has 87 valence electrons. The van der Waals surface area contributed by atoms with E-state index >= 15 is 0 Å². The van der Waals surface area contributed by atoms with E-state index in [-0.39, 0.29) is 0 Å². The molecule has 0 fully saturated rings. The van der Waals surface area contributed by atoms with Gasteiger partial charge < -0.3 is 4.74 Å². The number of hydrogen-bond acceptors (Lipinski definition) is 1. The summed E-state index contributed by atoms with van der Waals surface area (Å²) >= 11 is 3.51. The van der Waals surface area contributed by atoms with Crippen LogP contribution in [0.2, 0.25) is 0 Å². The van der Waals surface area contributed by atoms with Crippen molar-refractivity contribution in [2.45, 2.75) is 13.3 Å². The second-order valence-corrected chi connectivity index (χ2v) is 4.62. The minimum atomic E-state index is 0.564. The molecule has 3 radical (unpaired) electrons. The Morgan fingerprint density at radius 2 is 2.12 bits per heavy atom. The molecular weight excluding hydrogens is 276 g/mol. The molecule has 0 aromatic heterocycles. The zero-order valence-electron chi connectivity index (χ0n) is 9.74. The fourth-order valence-electron chi connectivity index (χ4n) is 1.65. The van der Waals surface area contributed by atoms with Crippen molar-refractivity contribution in [3.05, 3.63) is 64.9 Å². The molecule has 0 bridgehead atoms. The van der Waals surface area contributed by atoms with Crippen molar-refractivity contribution in [2.75, 3.05) is 6.61 Å². The first-order chi connectivity index (χ1) is 8.31. The molecule has 0 saturated carbocycles. The average molecular weight is 290 g/mol. The van der Waals surface area contributed by atoms with Crippen LogP contribution in [0, 0.1) is 12.8 Å². The van der Waals surface area contributed by atoms with Crippen LogP contribution in [0.5, 0.6) is 5.75 Å². The maximum atomic E-state index is 5.84. The summed E-state index contributed by atoms with van der Waals surface area (Å²) in [5, 5.41) is 0. The van der Waals surface area contributed by atoms with Gasteiger partial charge in [-0.15, -0.1) is 0 Å². The number of allylic oxidation sites excluding steroid dienone is 2. The van der Waals surface area contributed by atoms with Gasteiger partial charge in [-0.25, -0.2) is 0 Å². The predicted molar refractivity (Wildman–Crippen MR) is 74.0 cm³/mol. The predicted octanol–water partition coefficient (Wildman–Crippen LogP) is 4.13. The Balaban J connectivity index is 2.02. The van der Waals surface area contributed by atoms with Crippen LogP contribution < -0.4 is 4.74 Å². The van der Waals surface area contributed by atoms with Crippen LogP contribution in [-0.2, 0) is 6.42 Å². The smallest absolute Gasteiger partial charge is 0.122 e. The molecule has 0 amide bonds. The summed E-state index contributed by atoms with van der Waals surface area (Å²) in [6.45, 7) is 2.70. The number of halogens is 1. The van der Waals surface area contributed by atoms with Crippen molar-refractivity contribution in [1.29, 1.82) is 0 Å². The molecular formula is C15H14BrO. The molecule has 2 heteroatoms. The zero-order chi connectivity index (χ0) is 12.1. The lowest BCUT2D eigenvalue weighted by Crippen LogP contribution is -2.05. The highest BCUT2D eigenvalue weighted by molar-refractivity contribution is 9.12. The maximum absolute atomic E-state index is 5.84. The van der Waals surface area contributed by atoms with Crippen molar-refractivity contribution in [3.63, 3.8) is 0 Å². The van der Waals surface area contributed by atoms with Gasteiger partial charge in [-0.2, -0.15) is 0 Å². The van der Waals surface area contributed by atoms with E-state index in [1.165, 1.54) is 5.56 Å². The van der Waals surface area contributed by atoms with Crippen molar-refractivity contribution in [3.8, 4) is 5.75 Å². The largest absolute Gasteiger partial charge is 0.489 e. The van der Waals surface area contributed by atoms with E-state index in [9.17, 15) is 0 Å². The molecule has 0 atom stereocenters. The first-order valence-corrected chi connectivity index (χ1v) is 6.45. The van der Waals surface area contributed by atoms with Gasteiger partial charge in [-0.05, 0) is 30.0 Å². The summed E-state index contributed by atoms with van der Waals surface area (Å²) in [4.78, 5) is 0. The Morgan fingerprint density at radius 1 is 1.29 bits per heavy atom. The molecule has 0 saturated heterocycles. The highest BCUT2D eigenvalue weighted by Gasteiger charge is 2.08. The molecule has 0 aliphatic heterocycles. The number of para-hydroxylation sites is 1. The lowest BCUT2D eigenvalue weighted by Gasteiger charge is -2.14. The SMILES string of the molecule is CCc1ccccc1OCC1=C[C][CH]C=C1Br. The van der Waals surface area contributed by atoms with Crippen LogP contribution >= 0.6 is 15.9 Å². The molecule has 1 aliphatic rings. The number of benzene rings is 1. The molecule has 0 spiro atoms. The monoisotopic (exact) mass is 289 g/mol. The van der Waals surface area contributed by atoms with Gasteiger partial charge in [0.2, 0.25) is 0 Å². The van der Waals surface area contributed by atoms with Gasteiger partial charge in [-0.3, -0.25) is 0 Å². The van der Waals surface area contributed by atoms with Gasteiger partial charge in [0.25, 0.3) is 0 Å². The zero-order valence-corrected chi connectivity index (χ0v) is 11.3. The summed E-state index contributed by atoms with van der Waals surface area (Å²) in [7, 11) is 0. The van der Waals surface area contributed by atoms with Gasteiger partial charge >= 0.3 is 0 Å². The van der Waals surface area contributed by atoms with Crippen LogP contribution in [0.1, 0.15) is 12.5 Å². The lowest BCUT2D eigenvalue weighted by atomic mass is 10.1. The molecule has 0 heterocycles. The van der Waals surface area contributed by atoms with E-state index in [1.807, 2.05) is 36.8 Å². The van der Waals surface area contributed by atoms with Crippen LogP contribution in [0.25, 0.3) is 0 Å². The Labute approximate surface area is 111 Å². The second-order valence-electron chi connectivity index (χ2n) is 3.77. The van der Waals surface area contributed by atoms with E-state index in [2.05, 4.69) is 35.3 Å². The van der Waals surface area contributed by atoms with Crippen LogP contribution in [0.4, 0.5) is 0 Å². The van der Waals surface area contributed by atoms with Crippen LogP contribution in [0.3, 0.4) is 0 Å². The Morgan fingerprint density at radius 3 is 2.88 bits per heavy atom. The molecule has 17 heavy (non-hydrogen) atoms. The number of rotatable bonds is 4. The van der Waals surface area contributed by atoms with Gasteiger partial charge in [0, 0.05) is 10.9 Å². The van der Waals surface area contributed by atoms with Gasteiger partial charge in [0.05, 0.1) is 0 Å². The molecule has 0 unspecified atom stereocenters. The summed E-state index contributed by atoms with van der Waals surface area (Å²) in [6.07, 6.45) is 9.84. The van der Waals surface area contributed by atoms with Crippen molar-refractivity contribution in [2.24, 2.45) is 0 Å². The summed E-state index contributed by atoms with van der Waals surface area (Å²) in [5.74, 6) is 0.964. The fraction of sp³-hybridized carbons (Fsp3) is 0.200. The molecule has 1 nitrogen and oxygen atoms in total. The summed E-state index contributed by atoms with van der Waals surface area (Å²) < 4.78 is 6.91. The topological polar surface area (TPSA) is 9.23 Å². The first kappa shape index (κ1) is 12.4. The maximum Gasteiger partial charge on any atom is 0.122 e. The standard InChI is InChI=1S/C15H14BrO/c1-2-12-7-4-6-10-15(12)17-11-13-8-3-5-9-14(13)16/h4-10H,2,11H2,1H3. The lowest BCUT2D eigenvalue weighted by molar-refractivity contribution is 0.351. The van der Waals surface area contributed by atoms with E-state index in [4.69, 9.17) is 4.74 Å². The third-order valence-electron chi connectivity index (χ3n) is 2.63. The van der Waals surface area contributed by atoms with E-state index in [0.29, 0.717) is 6.61 Å². The van der Waals surface area contributed by atoms with E-state index in [0.717, 1.165) is 22.2 Å². The Kier molecular flexibility index (Phi) is 4.43. The third kappa shape index (κ3) is 3.22. The number of aryl methyl sites for hydroxylation is 1. The van der Waals surface area contributed by atoms with Crippen molar-refractivity contribution < 1.29 is 4.74 Å². The molecule has 1 aromatic carbocycles. The minimum Gasteiger partial charge on any atom is -0.489 e. The van der Waals surface area contributed by atoms with Gasteiger partial charge in [0.15, 0.2) is 0 Å². The van der Waals surface area contributed by atoms with Gasteiger partial charge in [-0.1, -0.05) is 53.2 Å². The molecule has 1 aromatic rings. The second kappa shape index (κ2) is 6.06. The average Bonchev–Trinajstić information content (AvgIpc) is 2.38. The number of ether oxygens (including phenoxy) is 1. The van der Waals surface area contributed by atoms with E-state index < -0.39 is 0 Å². The highest BCUT2D eigenvalue weighted by Crippen LogP contribution is 2.25. The first-order valence-electron chi connectivity index (χ1n) is 5.66. The summed E-state index contributed by atoms with van der Waals surface area (Å²) in [6, 6.07) is 8.15. The quantitative estimate of drug-likeness (QED) is 0.810. The normalized spacial score (nSPS) is 15.2.